The molecule has 3 aliphatic carbocycles. The van der Waals surface area contributed by atoms with Crippen molar-refractivity contribution < 1.29 is 70.7 Å². The van der Waals surface area contributed by atoms with Gasteiger partial charge in [-0.2, -0.15) is 13.2 Å². The molecule has 3 saturated carbocycles. The molecule has 0 bridgehead atoms. The van der Waals surface area contributed by atoms with E-state index in [1.165, 1.54) is 97.2 Å². The van der Waals surface area contributed by atoms with Gasteiger partial charge in [-0.05, 0) is 136 Å². The van der Waals surface area contributed by atoms with Crippen molar-refractivity contribution in [2.24, 2.45) is 23.7 Å². The lowest BCUT2D eigenvalue weighted by atomic mass is 9.81. The monoisotopic (exact) mass is 1520 g/mol. The Kier molecular flexibility index (Phi) is 30.0. The van der Waals surface area contributed by atoms with E-state index >= 15 is 38.4 Å². The fourth-order valence-electron chi connectivity index (χ4n) is 16.6. The van der Waals surface area contributed by atoms with E-state index in [4.69, 9.17) is 11.6 Å². The van der Waals surface area contributed by atoms with Crippen molar-refractivity contribution in [1.82, 2.24) is 65.0 Å². The van der Waals surface area contributed by atoms with Crippen LogP contribution in [0.1, 0.15) is 192 Å². The van der Waals surface area contributed by atoms with Gasteiger partial charge in [0.25, 0.3) is 0 Å². The molecular formula is C78H115ClF3N13O12. The SMILES string of the molecule is CC[C@H](C)[C@@H]1NC(=O)[C@H](CC(C)C)N(C)C(=O)C[C@@H](C(=O)N2CCCCC2)N(C)C(=O)[C@H](C2CCCCC2)N(C)C(=O)C2(CCCC2)NC(=O)[C@H](Cc2ccncc2)N(C)C(=O)[C@H](CCc2ccc(C(F)(F)F)c(Cl)c2)NC(=O)CN(C)C(=O)[C@H](CC2CCCCC2)N(C)C(=O)[C@@H]2CCN2C(=O)CN(C)C1=O. The molecule has 0 unspecified atom stereocenters. The number of piperidine rings is 1. The minimum absolute atomic E-state index is 0.00781. The average Bonchev–Trinajstić information content (AvgIpc) is 1.74. The molecule has 6 aliphatic rings. The summed E-state index contributed by atoms with van der Waals surface area (Å²) >= 11 is 6.22. The van der Waals surface area contributed by atoms with E-state index in [-0.39, 0.29) is 75.3 Å². The Morgan fingerprint density at radius 2 is 1.22 bits per heavy atom. The number of fused-ring (bicyclic) bond motifs is 1. The van der Waals surface area contributed by atoms with Gasteiger partial charge in [-0.3, -0.25) is 62.5 Å². The molecule has 2 aromatic rings. The summed E-state index contributed by atoms with van der Waals surface area (Å²) in [5, 5.41) is 8.23. The summed E-state index contributed by atoms with van der Waals surface area (Å²) < 4.78 is 42.0. The second-order valence-corrected chi connectivity index (χ2v) is 32.0. The lowest BCUT2D eigenvalue weighted by Gasteiger charge is -2.44. The molecule has 3 aliphatic heterocycles. The van der Waals surface area contributed by atoms with Crippen molar-refractivity contribution in [3.8, 4) is 0 Å². The number of amides is 12. The van der Waals surface area contributed by atoms with E-state index < -0.39 is 173 Å². The lowest BCUT2D eigenvalue weighted by Crippen LogP contribution is -2.66. The van der Waals surface area contributed by atoms with Crippen LogP contribution in [0.3, 0.4) is 0 Å². The minimum atomic E-state index is -4.78. The van der Waals surface area contributed by atoms with E-state index in [1.54, 1.807) is 24.0 Å². The number of hydrogen-bond donors (Lipinski definition) is 3. The van der Waals surface area contributed by atoms with Crippen LogP contribution in [0.25, 0.3) is 0 Å². The molecule has 9 atom stereocenters. The second kappa shape index (κ2) is 38.0. The molecule has 12 amide bonds. The van der Waals surface area contributed by atoms with Gasteiger partial charge in [0.15, 0.2) is 0 Å². The Labute approximate surface area is 633 Å². The lowest BCUT2D eigenvalue weighted by molar-refractivity contribution is -0.158. The number of likely N-dealkylation sites (N-methyl/N-ethyl adjacent to an activating group) is 7. The summed E-state index contributed by atoms with van der Waals surface area (Å²) in [6.07, 6.45) is 9.21. The third-order valence-electron chi connectivity index (χ3n) is 23.6. The standard InChI is InChI=1S/C78H115ClF3N13O12/c1-12-50(4)66-74(105)88(6)48-65(98)95-41-34-58(95)72(103)91(9)61(45-51-24-16-13-17-25-51)71(102)87(5)47-63(96)84-57(31-29-52-28-30-55(56(79)43-52)78(80,81)82)70(101)90(8)60(44-53-32-37-83-38-33-53)69(100)86-77(35-20-21-36-77)76(107)93(11)67(54-26-18-14-19-27-54)75(106)92(10)62(73(104)94-39-22-15-23-40-94)46-64(97)89(7)59(42-49(2)3)68(99)85-66/h28,30,32-33,37-38,43,49-51,54,57-62,66-67H,12-27,29,31,34-36,39-42,44-48H2,1-11H3,(H,84,96)(H,85,99)(H,86,100)/t50-,57-,58-,59-,60-,61-,62-,66-,67-/m0/s1. The molecule has 8 rings (SSSR count). The van der Waals surface area contributed by atoms with Gasteiger partial charge >= 0.3 is 6.18 Å². The maximum absolute atomic E-state index is 16.0. The van der Waals surface area contributed by atoms with E-state index in [9.17, 15) is 32.3 Å². The number of alkyl halides is 3. The molecule has 107 heavy (non-hydrogen) atoms. The van der Waals surface area contributed by atoms with Crippen LogP contribution in [0.4, 0.5) is 13.2 Å². The zero-order valence-electron chi connectivity index (χ0n) is 64.6. The first-order valence-electron chi connectivity index (χ1n) is 38.8. The van der Waals surface area contributed by atoms with Crippen molar-refractivity contribution in [2.45, 2.75) is 248 Å². The van der Waals surface area contributed by atoms with Gasteiger partial charge in [-0.15, -0.1) is 0 Å². The number of benzene rings is 1. The molecule has 1 spiro atoms. The molecular weight excluding hydrogens is 1400 g/mol. The molecule has 25 nitrogen and oxygen atoms in total. The van der Waals surface area contributed by atoms with Crippen molar-refractivity contribution in [3.05, 3.63) is 64.4 Å². The smallest absolute Gasteiger partial charge is 0.343 e. The zero-order valence-corrected chi connectivity index (χ0v) is 65.3. The van der Waals surface area contributed by atoms with Gasteiger partial charge in [0, 0.05) is 87.8 Å². The maximum atomic E-state index is 16.0. The summed E-state index contributed by atoms with van der Waals surface area (Å²) in [5.74, 6) is -8.91. The highest BCUT2D eigenvalue weighted by Crippen LogP contribution is 2.39. The van der Waals surface area contributed by atoms with Crippen LogP contribution in [0.5, 0.6) is 0 Å². The van der Waals surface area contributed by atoms with Crippen molar-refractivity contribution in [1.29, 1.82) is 0 Å². The molecule has 4 heterocycles. The van der Waals surface area contributed by atoms with Gasteiger partial charge in [-0.1, -0.05) is 116 Å². The third-order valence-corrected chi connectivity index (χ3v) is 23.9. The van der Waals surface area contributed by atoms with Crippen LogP contribution in [0.2, 0.25) is 5.02 Å². The van der Waals surface area contributed by atoms with E-state index in [0.29, 0.717) is 63.6 Å². The number of carbonyl (C=O) groups is 12. The zero-order chi connectivity index (χ0) is 78.4. The van der Waals surface area contributed by atoms with Gasteiger partial charge < -0.3 is 60.0 Å². The highest BCUT2D eigenvalue weighted by molar-refractivity contribution is 6.31. The van der Waals surface area contributed by atoms with Crippen LogP contribution in [0.15, 0.2) is 42.7 Å². The molecule has 3 N–H and O–H groups in total. The maximum Gasteiger partial charge on any atom is 0.417 e. The summed E-state index contributed by atoms with van der Waals surface area (Å²) in [5.41, 5.74) is -1.93. The number of aryl methyl sites for hydroxylation is 1. The van der Waals surface area contributed by atoms with Gasteiger partial charge in [-0.25, -0.2) is 0 Å². The Balaban J connectivity index is 1.22. The predicted octanol–water partition coefficient (Wildman–Crippen LogP) is 7.04. The quantitative estimate of drug-likeness (QED) is 0.182. The fraction of sp³-hybridized carbons (Fsp3) is 0.705. The van der Waals surface area contributed by atoms with Crippen LogP contribution in [-0.2, 0) is 76.6 Å². The molecule has 29 heteroatoms. The van der Waals surface area contributed by atoms with Crippen LogP contribution in [-0.4, -0.2) is 256 Å². The van der Waals surface area contributed by atoms with Crippen molar-refractivity contribution in [2.75, 3.05) is 82.1 Å². The Bertz CT molecular complexity index is 3490. The van der Waals surface area contributed by atoms with E-state index in [1.807, 2.05) is 20.8 Å². The number of aromatic nitrogens is 1. The largest absolute Gasteiger partial charge is 0.417 e. The van der Waals surface area contributed by atoms with Crippen LogP contribution < -0.4 is 16.0 Å². The number of pyridine rings is 1. The van der Waals surface area contributed by atoms with Gasteiger partial charge in [0.05, 0.1) is 30.1 Å². The Morgan fingerprint density at radius 1 is 0.617 bits per heavy atom. The van der Waals surface area contributed by atoms with Crippen molar-refractivity contribution >= 4 is 82.5 Å². The number of nitrogens with zero attached hydrogens (tertiary/aromatic N) is 10. The first kappa shape index (κ1) is 84.7. The summed E-state index contributed by atoms with van der Waals surface area (Å²) in [4.78, 5) is 198. The third kappa shape index (κ3) is 21.1. The fourth-order valence-corrected chi connectivity index (χ4v) is 16.9. The summed E-state index contributed by atoms with van der Waals surface area (Å²) in [6, 6.07) is -3.72. The normalized spacial score (nSPS) is 26.5. The number of hydrogen-bond acceptors (Lipinski definition) is 13. The summed E-state index contributed by atoms with van der Waals surface area (Å²) in [6.45, 7) is 7.10. The van der Waals surface area contributed by atoms with Crippen LogP contribution in [0, 0.1) is 23.7 Å². The predicted molar refractivity (Wildman–Crippen MR) is 396 cm³/mol. The first-order chi connectivity index (χ1) is 50.7. The van der Waals surface area contributed by atoms with E-state index in [0.717, 1.165) is 79.7 Å². The number of halogens is 4. The summed E-state index contributed by atoms with van der Waals surface area (Å²) in [7, 11) is 10.1. The highest BCUT2D eigenvalue weighted by Gasteiger charge is 2.52. The molecule has 3 saturated heterocycles. The molecule has 1 aromatic carbocycles. The Morgan fingerprint density at radius 3 is 1.81 bits per heavy atom. The molecule has 592 valence electrons. The molecule has 0 radical (unpaired) electrons. The van der Waals surface area contributed by atoms with Crippen molar-refractivity contribution in [3.63, 3.8) is 0 Å². The first-order valence-corrected chi connectivity index (χ1v) is 39.1. The highest BCUT2D eigenvalue weighted by atomic mass is 35.5. The second-order valence-electron chi connectivity index (χ2n) is 31.6. The average molecular weight is 1520 g/mol. The van der Waals surface area contributed by atoms with Gasteiger partial charge in [0.2, 0.25) is 70.9 Å². The number of likely N-dealkylation sites (tertiary alicyclic amines) is 1. The van der Waals surface area contributed by atoms with E-state index in [2.05, 4.69) is 20.9 Å². The van der Waals surface area contributed by atoms with Crippen LogP contribution >= 0.6 is 11.6 Å². The number of nitrogens with one attached hydrogen (secondary N) is 3. The topological polar surface area (TPSA) is 283 Å². The molecule has 6 fully saturated rings. The number of carbonyl (C=O) groups excluding carboxylic acids is 12. The number of rotatable bonds is 13. The van der Waals surface area contributed by atoms with Gasteiger partial charge in [0.1, 0.15) is 53.9 Å². The molecule has 1 aromatic heterocycles. The Hall–Kier alpha value is -7.91. The minimum Gasteiger partial charge on any atom is -0.343 e.